The van der Waals surface area contributed by atoms with Gasteiger partial charge >= 0.3 is 5.97 Å². The van der Waals surface area contributed by atoms with Gasteiger partial charge in [-0.05, 0) is 42.4 Å². The first kappa shape index (κ1) is 13.3. The van der Waals surface area contributed by atoms with Crippen LogP contribution in [0.2, 0.25) is 0 Å². The number of aromatic nitrogens is 2. The first-order valence-electron chi connectivity index (χ1n) is 6.77. The van der Waals surface area contributed by atoms with Crippen LogP contribution < -0.4 is 5.32 Å². The summed E-state index contributed by atoms with van der Waals surface area (Å²) in [5, 5.41) is 12.6. The molecule has 0 amide bonds. The van der Waals surface area contributed by atoms with E-state index in [-0.39, 0.29) is 5.69 Å². The number of carboxylic acid groups (broad SMARTS) is 1. The fourth-order valence-electron chi connectivity index (χ4n) is 2.51. The lowest BCUT2D eigenvalue weighted by Crippen LogP contribution is -2.20. The summed E-state index contributed by atoms with van der Waals surface area (Å²) in [7, 11) is 0. The zero-order valence-electron chi connectivity index (χ0n) is 11.1. The molecule has 6 heteroatoms. The average molecular weight is 291 g/mol. The first-order chi connectivity index (χ1) is 9.75. The molecule has 1 aliphatic rings. The lowest BCUT2D eigenvalue weighted by molar-refractivity contribution is 0.0690. The summed E-state index contributed by atoms with van der Waals surface area (Å²) < 4.78 is 1.61. The highest BCUT2D eigenvalue weighted by Crippen LogP contribution is 2.24. The topological polar surface area (TPSA) is 66.6 Å². The van der Waals surface area contributed by atoms with Gasteiger partial charge in [0.25, 0.3) is 0 Å². The Balaban J connectivity index is 1.82. The summed E-state index contributed by atoms with van der Waals surface area (Å²) in [6, 6.07) is 5.48. The number of pyridine rings is 1. The molecule has 3 heterocycles. The molecule has 0 aliphatic carbocycles. The molecule has 106 valence electrons. The van der Waals surface area contributed by atoms with Gasteiger partial charge in [0, 0.05) is 12.7 Å². The number of hydrogen-bond donors (Lipinski definition) is 2. The van der Waals surface area contributed by atoms with E-state index in [4.69, 9.17) is 0 Å². The van der Waals surface area contributed by atoms with Crippen molar-refractivity contribution in [2.24, 2.45) is 5.92 Å². The minimum atomic E-state index is -0.953. The minimum absolute atomic E-state index is 0.214. The average Bonchev–Trinajstić information content (AvgIpc) is 2.84. The van der Waals surface area contributed by atoms with Crippen LogP contribution in [0.3, 0.4) is 0 Å². The van der Waals surface area contributed by atoms with E-state index in [0.717, 1.165) is 6.54 Å². The third kappa shape index (κ3) is 2.60. The van der Waals surface area contributed by atoms with Gasteiger partial charge in [-0.1, -0.05) is 6.07 Å². The molecule has 0 radical (unpaired) electrons. The van der Waals surface area contributed by atoms with E-state index >= 15 is 0 Å². The van der Waals surface area contributed by atoms with Crippen LogP contribution in [0.15, 0.2) is 24.4 Å². The molecule has 0 aromatic carbocycles. The van der Waals surface area contributed by atoms with Crippen LogP contribution in [-0.4, -0.2) is 38.5 Å². The van der Waals surface area contributed by atoms with Gasteiger partial charge in [-0.2, -0.15) is 11.8 Å². The second kappa shape index (κ2) is 5.75. The number of imidazole rings is 1. The van der Waals surface area contributed by atoms with Crippen LogP contribution in [-0.2, 0) is 0 Å². The Bertz CT molecular complexity index is 620. The van der Waals surface area contributed by atoms with Crippen LogP contribution in [0.1, 0.15) is 23.3 Å². The number of nitrogens with zero attached hydrogens (tertiary/aromatic N) is 2. The van der Waals surface area contributed by atoms with Gasteiger partial charge in [-0.25, -0.2) is 9.78 Å². The van der Waals surface area contributed by atoms with Crippen LogP contribution >= 0.6 is 11.8 Å². The zero-order chi connectivity index (χ0) is 13.9. The summed E-state index contributed by atoms with van der Waals surface area (Å²) in [5.74, 6) is 2.53. The van der Waals surface area contributed by atoms with Gasteiger partial charge in [0.15, 0.2) is 11.5 Å². The van der Waals surface area contributed by atoms with Crippen molar-refractivity contribution in [3.05, 3.63) is 30.1 Å². The fourth-order valence-corrected chi connectivity index (χ4v) is 3.72. The van der Waals surface area contributed by atoms with Crippen LogP contribution in [0, 0.1) is 5.92 Å². The van der Waals surface area contributed by atoms with Crippen molar-refractivity contribution >= 4 is 29.2 Å². The highest BCUT2D eigenvalue weighted by molar-refractivity contribution is 7.99. The van der Waals surface area contributed by atoms with Crippen molar-refractivity contribution in [2.75, 3.05) is 23.4 Å². The summed E-state index contributed by atoms with van der Waals surface area (Å²) in [5.41, 5.74) is 0.873. The number of carboxylic acids is 1. The Morgan fingerprint density at radius 1 is 1.45 bits per heavy atom. The third-order valence-corrected chi connectivity index (χ3v) is 4.68. The van der Waals surface area contributed by atoms with Gasteiger partial charge in [0.2, 0.25) is 0 Å². The number of fused-ring (bicyclic) bond motifs is 1. The molecule has 20 heavy (non-hydrogen) atoms. The number of aromatic carboxylic acids is 1. The van der Waals surface area contributed by atoms with Crippen molar-refractivity contribution in [3.8, 4) is 0 Å². The molecule has 2 aromatic heterocycles. The van der Waals surface area contributed by atoms with Crippen molar-refractivity contribution < 1.29 is 9.90 Å². The van der Waals surface area contributed by atoms with Crippen molar-refractivity contribution in [1.82, 2.24) is 9.38 Å². The molecule has 2 aromatic rings. The molecule has 1 saturated heterocycles. The highest BCUT2D eigenvalue weighted by Gasteiger charge is 2.20. The van der Waals surface area contributed by atoms with E-state index in [9.17, 15) is 9.90 Å². The monoisotopic (exact) mass is 291 g/mol. The Morgan fingerprint density at radius 2 is 2.25 bits per heavy atom. The summed E-state index contributed by atoms with van der Waals surface area (Å²) in [4.78, 5) is 15.8. The van der Waals surface area contributed by atoms with Crippen molar-refractivity contribution in [3.63, 3.8) is 0 Å². The number of hydrogen-bond acceptors (Lipinski definition) is 4. The van der Waals surface area contributed by atoms with Gasteiger partial charge in [0.05, 0.1) is 0 Å². The second-order valence-corrected chi connectivity index (χ2v) is 6.20. The van der Waals surface area contributed by atoms with Crippen LogP contribution in [0.25, 0.3) is 5.65 Å². The van der Waals surface area contributed by atoms with Crippen LogP contribution in [0.5, 0.6) is 0 Å². The standard InChI is InChI=1S/C14H17N3O2S/c18-14(19)12-13(15-9-10-4-7-20-8-5-10)16-11-3-1-2-6-17(11)12/h1-3,6,10,15H,4-5,7-9H2,(H,18,19). The number of rotatable bonds is 4. The summed E-state index contributed by atoms with van der Waals surface area (Å²) in [6.07, 6.45) is 4.11. The molecule has 0 saturated carbocycles. The number of nitrogens with one attached hydrogen (secondary N) is 1. The maximum Gasteiger partial charge on any atom is 0.356 e. The molecule has 1 fully saturated rings. The van der Waals surface area contributed by atoms with E-state index < -0.39 is 5.97 Å². The minimum Gasteiger partial charge on any atom is -0.476 e. The molecule has 0 unspecified atom stereocenters. The molecule has 2 N–H and O–H groups in total. The lowest BCUT2D eigenvalue weighted by atomic mass is 10.0. The number of anilines is 1. The molecule has 0 bridgehead atoms. The maximum atomic E-state index is 11.4. The van der Waals surface area contributed by atoms with E-state index in [1.54, 1.807) is 10.6 Å². The molecule has 0 atom stereocenters. The largest absolute Gasteiger partial charge is 0.476 e. The van der Waals surface area contributed by atoms with E-state index in [2.05, 4.69) is 10.3 Å². The van der Waals surface area contributed by atoms with E-state index in [1.807, 2.05) is 30.0 Å². The van der Waals surface area contributed by atoms with Crippen LogP contribution in [0.4, 0.5) is 5.82 Å². The smallest absolute Gasteiger partial charge is 0.356 e. The summed E-state index contributed by atoms with van der Waals surface area (Å²) >= 11 is 1.99. The molecule has 1 aliphatic heterocycles. The number of thioether (sulfide) groups is 1. The molecule has 0 spiro atoms. The van der Waals surface area contributed by atoms with E-state index in [0.29, 0.717) is 17.4 Å². The first-order valence-corrected chi connectivity index (χ1v) is 7.93. The maximum absolute atomic E-state index is 11.4. The van der Waals surface area contributed by atoms with Gasteiger partial charge < -0.3 is 10.4 Å². The summed E-state index contributed by atoms with van der Waals surface area (Å²) in [6.45, 7) is 0.796. The SMILES string of the molecule is O=C(O)c1c(NCC2CCSCC2)nc2ccccn12. The molecule has 5 nitrogen and oxygen atoms in total. The Labute approximate surface area is 121 Å². The molecular weight excluding hydrogens is 274 g/mol. The molecular formula is C14H17N3O2S. The second-order valence-electron chi connectivity index (χ2n) is 4.98. The van der Waals surface area contributed by atoms with E-state index in [1.165, 1.54) is 24.3 Å². The Morgan fingerprint density at radius 3 is 3.00 bits per heavy atom. The normalized spacial score (nSPS) is 16.4. The predicted molar refractivity (Wildman–Crippen MR) is 80.7 cm³/mol. The van der Waals surface area contributed by atoms with Crippen molar-refractivity contribution in [1.29, 1.82) is 0 Å². The lowest BCUT2D eigenvalue weighted by Gasteiger charge is -2.21. The number of carbonyl (C=O) groups is 1. The van der Waals surface area contributed by atoms with Crippen molar-refractivity contribution in [2.45, 2.75) is 12.8 Å². The third-order valence-electron chi connectivity index (χ3n) is 3.63. The molecule has 3 rings (SSSR count). The quantitative estimate of drug-likeness (QED) is 0.906. The predicted octanol–water partition coefficient (Wildman–Crippen LogP) is 2.59. The zero-order valence-corrected chi connectivity index (χ0v) is 11.9. The Kier molecular flexibility index (Phi) is 3.82. The fraction of sp³-hybridized carbons (Fsp3) is 0.429. The Hall–Kier alpha value is -1.69. The highest BCUT2D eigenvalue weighted by atomic mass is 32.2. The van der Waals surface area contributed by atoms with Gasteiger partial charge in [0.1, 0.15) is 5.65 Å². The van der Waals surface area contributed by atoms with Gasteiger partial charge in [-0.15, -0.1) is 0 Å². The van der Waals surface area contributed by atoms with Gasteiger partial charge in [-0.3, -0.25) is 4.40 Å².